The normalized spacial score (nSPS) is 11.4. The maximum atomic E-state index is 10.4. The van der Waals surface area contributed by atoms with Crippen molar-refractivity contribution >= 4 is 16.4 Å². The zero-order valence-electron chi connectivity index (χ0n) is 6.45. The van der Waals surface area contributed by atoms with Crippen molar-refractivity contribution in [3.63, 3.8) is 0 Å². The number of carbonyl (C=O) groups excluding carboxylic acids is 1. The van der Waals surface area contributed by atoms with Crippen molar-refractivity contribution in [3.8, 4) is 0 Å². The third-order valence-corrected chi connectivity index (χ3v) is 1.61. The molecule has 0 N–H and O–H groups in total. The summed E-state index contributed by atoms with van der Waals surface area (Å²) >= 11 is 0. The lowest BCUT2D eigenvalue weighted by molar-refractivity contribution is -0.107. The van der Waals surface area contributed by atoms with E-state index in [1.165, 1.54) is 0 Å². The van der Waals surface area contributed by atoms with Crippen molar-refractivity contribution in [2.75, 3.05) is 12.9 Å². The van der Waals surface area contributed by atoms with E-state index in [1.54, 1.807) is 0 Å². The van der Waals surface area contributed by atoms with E-state index >= 15 is 0 Å². The molecule has 0 aromatic carbocycles. The average Bonchev–Trinajstić information content (AvgIpc) is 1.85. The summed E-state index contributed by atoms with van der Waals surface area (Å²) in [5.41, 5.74) is 0. The van der Waals surface area contributed by atoms with Crippen LogP contribution in [0.5, 0.6) is 0 Å². The molecule has 0 unspecified atom stereocenters. The van der Waals surface area contributed by atoms with Crippen LogP contribution in [-0.4, -0.2) is 27.6 Å². The van der Waals surface area contributed by atoms with Gasteiger partial charge in [0.25, 0.3) is 10.1 Å². The van der Waals surface area contributed by atoms with Gasteiger partial charge >= 0.3 is 0 Å². The van der Waals surface area contributed by atoms with Gasteiger partial charge in [-0.1, -0.05) is 0 Å². The van der Waals surface area contributed by atoms with Crippen LogP contribution in [0.1, 0.15) is 19.3 Å². The minimum atomic E-state index is -3.30. The molecule has 0 radical (unpaired) electrons. The van der Waals surface area contributed by atoms with Gasteiger partial charge in [-0.3, -0.25) is 4.18 Å². The topological polar surface area (TPSA) is 60.4 Å². The SMILES string of the molecule is CS(=O)(=O)OCCCCC=O. The Labute approximate surface area is 66.7 Å². The van der Waals surface area contributed by atoms with E-state index < -0.39 is 10.1 Å². The zero-order chi connectivity index (χ0) is 8.74. The molecule has 5 heteroatoms. The Hall–Kier alpha value is -0.420. The van der Waals surface area contributed by atoms with E-state index in [1.807, 2.05) is 0 Å². The molecule has 0 aliphatic rings. The van der Waals surface area contributed by atoms with Crippen LogP contribution in [0.3, 0.4) is 0 Å². The quantitative estimate of drug-likeness (QED) is 0.336. The number of aldehydes is 1. The van der Waals surface area contributed by atoms with Crippen molar-refractivity contribution in [3.05, 3.63) is 0 Å². The Morgan fingerprint density at radius 3 is 2.45 bits per heavy atom. The predicted octanol–water partition coefficient (Wildman–Crippen LogP) is 0.332. The molecule has 0 bridgehead atoms. The molecule has 4 nitrogen and oxygen atoms in total. The first-order valence-corrected chi connectivity index (χ1v) is 5.16. The molecule has 0 amide bonds. The summed E-state index contributed by atoms with van der Waals surface area (Å²) in [5, 5.41) is 0. The third-order valence-electron chi connectivity index (χ3n) is 1.01. The first-order valence-electron chi connectivity index (χ1n) is 3.34. The van der Waals surface area contributed by atoms with Crippen molar-refractivity contribution in [2.45, 2.75) is 19.3 Å². The summed E-state index contributed by atoms with van der Waals surface area (Å²) in [6.07, 6.45) is 3.56. The van der Waals surface area contributed by atoms with E-state index in [0.29, 0.717) is 19.3 Å². The highest BCUT2D eigenvalue weighted by Crippen LogP contribution is 1.95. The predicted molar refractivity (Wildman–Crippen MR) is 40.7 cm³/mol. The molecule has 11 heavy (non-hydrogen) atoms. The molecule has 0 saturated heterocycles. The molecular formula is C6H12O4S. The second kappa shape index (κ2) is 5.26. The fourth-order valence-electron chi connectivity index (χ4n) is 0.540. The van der Waals surface area contributed by atoms with Gasteiger partial charge in [0.15, 0.2) is 0 Å². The lowest BCUT2D eigenvalue weighted by atomic mass is 10.3. The van der Waals surface area contributed by atoms with E-state index in [-0.39, 0.29) is 6.61 Å². The smallest absolute Gasteiger partial charge is 0.264 e. The Balaban J connectivity index is 3.22. The van der Waals surface area contributed by atoms with Crippen LogP contribution in [0.2, 0.25) is 0 Å². The van der Waals surface area contributed by atoms with Crippen molar-refractivity contribution < 1.29 is 17.4 Å². The van der Waals surface area contributed by atoms with Crippen molar-refractivity contribution in [1.29, 1.82) is 0 Å². The highest BCUT2D eigenvalue weighted by Gasteiger charge is 1.99. The molecule has 0 aliphatic heterocycles. The molecule has 0 spiro atoms. The Morgan fingerprint density at radius 2 is 2.00 bits per heavy atom. The molecule has 66 valence electrons. The van der Waals surface area contributed by atoms with Gasteiger partial charge in [0.05, 0.1) is 12.9 Å². The van der Waals surface area contributed by atoms with E-state index in [4.69, 9.17) is 0 Å². The number of hydrogen-bond acceptors (Lipinski definition) is 4. The maximum absolute atomic E-state index is 10.4. The second-order valence-electron chi connectivity index (χ2n) is 2.19. The Kier molecular flexibility index (Phi) is 5.06. The van der Waals surface area contributed by atoms with Crippen LogP contribution in [0.15, 0.2) is 0 Å². The van der Waals surface area contributed by atoms with Gasteiger partial charge in [-0.2, -0.15) is 8.42 Å². The van der Waals surface area contributed by atoms with Crippen molar-refractivity contribution in [1.82, 2.24) is 0 Å². The number of unbranched alkanes of at least 4 members (excludes halogenated alkanes) is 2. The lowest BCUT2D eigenvalue weighted by Crippen LogP contribution is -2.03. The maximum Gasteiger partial charge on any atom is 0.264 e. The monoisotopic (exact) mass is 180 g/mol. The molecular weight excluding hydrogens is 168 g/mol. The average molecular weight is 180 g/mol. The van der Waals surface area contributed by atoms with Gasteiger partial charge in [0.2, 0.25) is 0 Å². The minimum absolute atomic E-state index is 0.173. The van der Waals surface area contributed by atoms with E-state index in [9.17, 15) is 13.2 Å². The summed E-state index contributed by atoms with van der Waals surface area (Å²) in [4.78, 5) is 9.81. The van der Waals surface area contributed by atoms with Gasteiger partial charge in [-0.25, -0.2) is 0 Å². The molecule has 0 aliphatic carbocycles. The van der Waals surface area contributed by atoms with Crippen LogP contribution in [0, 0.1) is 0 Å². The molecule has 0 atom stereocenters. The highest BCUT2D eigenvalue weighted by molar-refractivity contribution is 7.85. The Morgan fingerprint density at radius 1 is 1.36 bits per heavy atom. The lowest BCUT2D eigenvalue weighted by Gasteiger charge is -1.97. The van der Waals surface area contributed by atoms with Crippen LogP contribution in [0.4, 0.5) is 0 Å². The summed E-state index contributed by atoms with van der Waals surface area (Å²) in [6, 6.07) is 0. The fraction of sp³-hybridized carbons (Fsp3) is 0.833. The Bertz CT molecular complexity index is 195. The summed E-state index contributed by atoms with van der Waals surface area (Å²) < 4.78 is 25.2. The van der Waals surface area contributed by atoms with E-state index in [0.717, 1.165) is 12.5 Å². The van der Waals surface area contributed by atoms with Crippen LogP contribution in [0.25, 0.3) is 0 Å². The van der Waals surface area contributed by atoms with Crippen LogP contribution < -0.4 is 0 Å². The standard InChI is InChI=1S/C6H12O4S/c1-11(8,9)10-6-4-2-3-5-7/h5H,2-4,6H2,1H3. The zero-order valence-corrected chi connectivity index (χ0v) is 7.26. The van der Waals surface area contributed by atoms with Gasteiger partial charge < -0.3 is 4.79 Å². The number of rotatable bonds is 6. The first kappa shape index (κ1) is 10.6. The summed E-state index contributed by atoms with van der Waals surface area (Å²) in [7, 11) is -3.30. The second-order valence-corrected chi connectivity index (χ2v) is 3.83. The summed E-state index contributed by atoms with van der Waals surface area (Å²) in [6.45, 7) is 0.173. The van der Waals surface area contributed by atoms with Gasteiger partial charge in [-0.05, 0) is 12.8 Å². The third kappa shape index (κ3) is 9.58. The first-order chi connectivity index (χ1) is 5.06. The van der Waals surface area contributed by atoms with Crippen LogP contribution >= 0.6 is 0 Å². The van der Waals surface area contributed by atoms with Gasteiger partial charge in [0.1, 0.15) is 6.29 Å². The fourth-order valence-corrected chi connectivity index (χ4v) is 0.961. The number of carbonyl (C=O) groups is 1. The minimum Gasteiger partial charge on any atom is -0.303 e. The molecule has 0 heterocycles. The van der Waals surface area contributed by atoms with Crippen molar-refractivity contribution in [2.24, 2.45) is 0 Å². The molecule has 0 rings (SSSR count). The van der Waals surface area contributed by atoms with Gasteiger partial charge in [0, 0.05) is 6.42 Å². The molecule has 0 aromatic rings. The largest absolute Gasteiger partial charge is 0.303 e. The summed E-state index contributed by atoms with van der Waals surface area (Å²) in [5.74, 6) is 0. The molecule has 0 fully saturated rings. The number of hydrogen-bond donors (Lipinski definition) is 0. The highest BCUT2D eigenvalue weighted by atomic mass is 32.2. The molecule has 0 aromatic heterocycles. The van der Waals surface area contributed by atoms with Crippen LogP contribution in [-0.2, 0) is 19.1 Å². The molecule has 0 saturated carbocycles. The van der Waals surface area contributed by atoms with E-state index in [2.05, 4.69) is 4.18 Å². The van der Waals surface area contributed by atoms with Gasteiger partial charge in [-0.15, -0.1) is 0 Å².